The molecule has 0 saturated heterocycles. The number of ether oxygens (including phenoxy) is 1. The second-order valence-corrected chi connectivity index (χ2v) is 9.46. The molecule has 2 N–H and O–H groups in total. The molecule has 1 heterocycles. The van der Waals surface area contributed by atoms with Crippen molar-refractivity contribution in [2.75, 3.05) is 16.6 Å². The van der Waals surface area contributed by atoms with E-state index in [1.807, 2.05) is 0 Å². The minimum absolute atomic E-state index is 0. The lowest BCUT2D eigenvalue weighted by Gasteiger charge is -2.13. The van der Waals surface area contributed by atoms with Gasteiger partial charge in [-0.25, -0.2) is 17.8 Å². The quantitative estimate of drug-likeness (QED) is 0.358. The number of rotatable bonds is 7. The smallest absolute Gasteiger partial charge is 0.264 e. The zero-order valence-electron chi connectivity index (χ0n) is 16.2. The number of benzene rings is 3. The van der Waals surface area contributed by atoms with Gasteiger partial charge in [-0.3, -0.25) is 9.52 Å². The molecule has 0 spiro atoms. The molecular formula is C21H19ClFN3O4S2. The van der Waals surface area contributed by atoms with Crippen molar-refractivity contribution < 1.29 is 25.2 Å². The molecule has 0 aliphatic rings. The van der Waals surface area contributed by atoms with Crippen molar-refractivity contribution in [2.45, 2.75) is 4.90 Å². The number of anilines is 2. The third-order valence-corrected chi connectivity index (χ3v) is 6.87. The van der Waals surface area contributed by atoms with E-state index in [1.54, 1.807) is 29.6 Å². The summed E-state index contributed by atoms with van der Waals surface area (Å²) < 4.78 is 46.8. The molecule has 32 heavy (non-hydrogen) atoms. The van der Waals surface area contributed by atoms with Crippen molar-refractivity contribution in [3.8, 4) is 5.75 Å². The number of carbonyl (C=O) groups excluding carboxylic acids is 1. The van der Waals surface area contributed by atoms with Crippen molar-refractivity contribution in [2.24, 2.45) is 0 Å². The fraction of sp³-hybridized carbons (Fsp3) is 0.0476. The Morgan fingerprint density at radius 1 is 1.16 bits per heavy atom. The molecule has 0 bridgehead atoms. The van der Waals surface area contributed by atoms with Crippen LogP contribution in [0.25, 0.3) is 10.8 Å². The van der Waals surface area contributed by atoms with E-state index in [0.717, 1.165) is 6.07 Å². The molecule has 0 radical (unpaired) electrons. The maximum Gasteiger partial charge on any atom is 0.264 e. The Kier molecular flexibility index (Phi) is 6.26. The summed E-state index contributed by atoms with van der Waals surface area (Å²) in [5.41, 5.74) is 0.416. The summed E-state index contributed by atoms with van der Waals surface area (Å²) in [5.74, 6) is -0.826. The number of nitrogens with zero attached hydrogens (tertiary/aromatic N) is 1. The van der Waals surface area contributed by atoms with Crippen LogP contribution in [0.15, 0.2) is 71.1 Å². The lowest BCUT2D eigenvalue weighted by atomic mass is 10.1. The molecule has 0 aliphatic carbocycles. The maximum absolute atomic E-state index is 13.2. The lowest BCUT2D eigenvalue weighted by molar-refractivity contribution is -0.118. The van der Waals surface area contributed by atoms with Crippen molar-refractivity contribution in [3.63, 3.8) is 0 Å². The second kappa shape index (κ2) is 9.11. The van der Waals surface area contributed by atoms with Gasteiger partial charge in [0, 0.05) is 37.0 Å². The minimum atomic E-state index is -3.89. The van der Waals surface area contributed by atoms with Gasteiger partial charge in [-0.1, -0.05) is 35.9 Å². The van der Waals surface area contributed by atoms with Crippen LogP contribution in [0.2, 0.25) is 5.02 Å². The number of thiazole rings is 1. The summed E-state index contributed by atoms with van der Waals surface area (Å²) in [6, 6.07) is 13.5. The van der Waals surface area contributed by atoms with Gasteiger partial charge in [-0.2, -0.15) is 0 Å². The predicted octanol–water partition coefficient (Wildman–Crippen LogP) is 5.40. The van der Waals surface area contributed by atoms with Crippen LogP contribution in [0.3, 0.4) is 0 Å². The Morgan fingerprint density at radius 3 is 2.66 bits per heavy atom. The molecule has 0 atom stereocenters. The summed E-state index contributed by atoms with van der Waals surface area (Å²) >= 11 is 6.87. The summed E-state index contributed by atoms with van der Waals surface area (Å²) in [7, 11) is -3.89. The van der Waals surface area contributed by atoms with Gasteiger partial charge in [0.2, 0.25) is 0 Å². The van der Waals surface area contributed by atoms with Gasteiger partial charge < -0.3 is 10.1 Å². The van der Waals surface area contributed by atoms with E-state index in [0.29, 0.717) is 16.5 Å². The number of aromatic nitrogens is 1. The van der Waals surface area contributed by atoms with Crippen LogP contribution in [0, 0.1) is 5.82 Å². The van der Waals surface area contributed by atoms with Gasteiger partial charge in [-0.15, -0.1) is 11.3 Å². The fourth-order valence-electron chi connectivity index (χ4n) is 2.96. The van der Waals surface area contributed by atoms with E-state index in [2.05, 4.69) is 15.0 Å². The molecule has 168 valence electrons. The van der Waals surface area contributed by atoms with Crippen LogP contribution in [-0.4, -0.2) is 25.9 Å². The van der Waals surface area contributed by atoms with Gasteiger partial charge in [-0.05, 0) is 24.3 Å². The molecule has 4 rings (SSSR count). The number of hydrogen-bond acceptors (Lipinski definition) is 6. The molecule has 0 unspecified atom stereocenters. The van der Waals surface area contributed by atoms with Crippen LogP contribution < -0.4 is 14.8 Å². The maximum atomic E-state index is 13.2. The topological polar surface area (TPSA) is 97.4 Å². The Balaban J connectivity index is 0.00000204. The highest BCUT2D eigenvalue weighted by molar-refractivity contribution is 7.93. The number of nitrogens with one attached hydrogen (secondary N) is 2. The molecule has 1 aromatic heterocycles. The molecule has 7 nitrogen and oxygen atoms in total. The third-order valence-electron chi connectivity index (χ3n) is 4.36. The first-order chi connectivity index (χ1) is 15.3. The van der Waals surface area contributed by atoms with Crippen LogP contribution in [0.1, 0.15) is 2.85 Å². The van der Waals surface area contributed by atoms with Gasteiger partial charge in [0.25, 0.3) is 15.9 Å². The summed E-state index contributed by atoms with van der Waals surface area (Å²) in [6.45, 7) is -0.345. The Labute approximate surface area is 194 Å². The minimum Gasteiger partial charge on any atom is -0.484 e. The molecule has 0 saturated carbocycles. The van der Waals surface area contributed by atoms with Crippen LogP contribution >= 0.6 is 22.9 Å². The van der Waals surface area contributed by atoms with E-state index in [4.69, 9.17) is 16.3 Å². The zero-order chi connectivity index (χ0) is 22.7. The first kappa shape index (κ1) is 22.0. The van der Waals surface area contributed by atoms with Gasteiger partial charge in [0.15, 0.2) is 11.7 Å². The Morgan fingerprint density at radius 2 is 1.94 bits per heavy atom. The summed E-state index contributed by atoms with van der Waals surface area (Å²) in [4.78, 5) is 16.4. The molecule has 4 aromatic rings. The van der Waals surface area contributed by atoms with Crippen LogP contribution in [0.5, 0.6) is 5.75 Å². The van der Waals surface area contributed by atoms with Gasteiger partial charge in [0.1, 0.15) is 11.6 Å². The highest BCUT2D eigenvalue weighted by Crippen LogP contribution is 2.31. The van der Waals surface area contributed by atoms with Crippen molar-refractivity contribution in [1.29, 1.82) is 0 Å². The number of amides is 1. The average Bonchev–Trinajstić information content (AvgIpc) is 3.27. The highest BCUT2D eigenvalue weighted by atomic mass is 35.5. The number of hydrogen-bond donors (Lipinski definition) is 2. The van der Waals surface area contributed by atoms with Crippen molar-refractivity contribution in [1.82, 2.24) is 4.98 Å². The van der Waals surface area contributed by atoms with Gasteiger partial charge in [0.05, 0.1) is 9.92 Å². The second-order valence-electron chi connectivity index (χ2n) is 6.51. The van der Waals surface area contributed by atoms with Crippen molar-refractivity contribution in [3.05, 3.63) is 77.0 Å². The van der Waals surface area contributed by atoms with Gasteiger partial charge >= 0.3 is 0 Å². The number of fused-ring (bicyclic) bond motifs is 1. The fourth-order valence-corrected chi connectivity index (χ4v) is 5.13. The normalized spacial score (nSPS) is 11.3. The van der Waals surface area contributed by atoms with E-state index in [9.17, 15) is 17.6 Å². The number of halogens is 2. The molecule has 1 amide bonds. The molecule has 0 aliphatic heterocycles. The number of carbonyl (C=O) groups is 1. The van der Waals surface area contributed by atoms with Crippen molar-refractivity contribution >= 4 is 60.5 Å². The monoisotopic (exact) mass is 495 g/mol. The predicted molar refractivity (Wildman–Crippen MR) is 127 cm³/mol. The Bertz CT molecular complexity index is 1410. The highest BCUT2D eigenvalue weighted by Gasteiger charge is 2.20. The summed E-state index contributed by atoms with van der Waals surface area (Å²) in [6.07, 6.45) is 1.50. The van der Waals surface area contributed by atoms with E-state index in [-0.39, 0.29) is 30.3 Å². The first-order valence-electron chi connectivity index (χ1n) is 9.15. The largest absolute Gasteiger partial charge is 0.484 e. The molecule has 11 heteroatoms. The Hall–Kier alpha value is -3.21. The SMILES string of the molecule is O=C(COc1ccc(F)c(Cl)c1)Nc1ccc(S(=O)(=O)Nc2nccs2)c2ccccc12.[HH].[HH]. The zero-order valence-corrected chi connectivity index (χ0v) is 18.6. The van der Waals surface area contributed by atoms with E-state index >= 15 is 0 Å². The standard InChI is InChI=1S/C21H15ClFN3O4S2.2H2/c22-16-11-13(5-6-17(16)23)30-12-20(27)25-18-7-8-19(15-4-2-1-3-14(15)18)32(28,29)26-21-24-9-10-31-21;;/h1-11H,12H2,(H,24,26)(H,25,27);2*1H. The number of sulfonamides is 1. The average molecular weight is 496 g/mol. The van der Waals surface area contributed by atoms with Crippen LogP contribution in [0.4, 0.5) is 15.2 Å². The lowest BCUT2D eigenvalue weighted by Crippen LogP contribution is -2.20. The van der Waals surface area contributed by atoms with E-state index < -0.39 is 21.7 Å². The molecule has 0 fully saturated rings. The molecular weight excluding hydrogens is 477 g/mol. The molecule has 3 aromatic carbocycles. The van der Waals surface area contributed by atoms with E-state index in [1.165, 1.54) is 41.8 Å². The van der Waals surface area contributed by atoms with Crippen LogP contribution in [-0.2, 0) is 14.8 Å². The first-order valence-corrected chi connectivity index (χ1v) is 11.9. The third kappa shape index (κ3) is 4.82. The summed E-state index contributed by atoms with van der Waals surface area (Å²) in [5, 5.41) is 5.48.